The zero-order valence-electron chi connectivity index (χ0n) is 14.1. The Morgan fingerprint density at radius 3 is 3.12 bits per heavy atom. The summed E-state index contributed by atoms with van der Waals surface area (Å²) in [5.74, 6) is 1.55. The van der Waals surface area contributed by atoms with E-state index in [1.807, 2.05) is 30.9 Å². The normalized spacial score (nSPS) is 16.8. The quantitative estimate of drug-likeness (QED) is 0.802. The van der Waals surface area contributed by atoms with Crippen molar-refractivity contribution in [2.24, 2.45) is 13.0 Å². The van der Waals surface area contributed by atoms with Crippen LogP contribution in [-0.4, -0.2) is 27.9 Å². The van der Waals surface area contributed by atoms with Crippen LogP contribution in [0.2, 0.25) is 0 Å². The van der Waals surface area contributed by atoms with Crippen LogP contribution in [0.5, 0.6) is 5.75 Å². The predicted molar refractivity (Wildman–Crippen MR) is 94.1 cm³/mol. The van der Waals surface area contributed by atoms with E-state index < -0.39 is 0 Å². The van der Waals surface area contributed by atoms with E-state index in [9.17, 15) is 0 Å². The van der Waals surface area contributed by atoms with Crippen LogP contribution in [0.4, 0.5) is 0 Å². The molecule has 0 radical (unpaired) electrons. The minimum atomic E-state index is 0.511. The predicted octanol–water partition coefficient (Wildman–Crippen LogP) is 2.62. The summed E-state index contributed by atoms with van der Waals surface area (Å²) in [5.41, 5.74) is 4.47. The second kappa shape index (κ2) is 6.24. The summed E-state index contributed by atoms with van der Waals surface area (Å²) >= 11 is 0. The SMILES string of the molecule is Cc1nn(C)c2ncc(CNCC3COc4ccccc4C3)cc12. The molecule has 24 heavy (non-hydrogen) atoms. The van der Waals surface area contributed by atoms with Gasteiger partial charge >= 0.3 is 0 Å². The van der Waals surface area contributed by atoms with Gasteiger partial charge in [-0.25, -0.2) is 4.98 Å². The number of hydrogen-bond donors (Lipinski definition) is 1. The van der Waals surface area contributed by atoms with E-state index in [0.29, 0.717) is 5.92 Å². The summed E-state index contributed by atoms with van der Waals surface area (Å²) < 4.78 is 7.68. The van der Waals surface area contributed by atoms with Crippen LogP contribution >= 0.6 is 0 Å². The van der Waals surface area contributed by atoms with Crippen molar-refractivity contribution in [1.29, 1.82) is 0 Å². The lowest BCUT2D eigenvalue weighted by Gasteiger charge is -2.25. The molecule has 0 saturated heterocycles. The van der Waals surface area contributed by atoms with Gasteiger partial charge in [0.1, 0.15) is 5.75 Å². The standard InChI is InChI=1S/C19H22N4O/c1-13-17-8-14(11-21-19(17)23(2)22-13)9-20-10-15-7-16-5-3-4-6-18(16)24-12-15/h3-6,8,11,15,20H,7,9-10,12H2,1-2H3. The molecule has 3 heterocycles. The third-order valence-electron chi connectivity index (χ3n) is 4.64. The number of para-hydroxylation sites is 1. The lowest BCUT2D eigenvalue weighted by molar-refractivity contribution is 0.218. The Balaban J connectivity index is 1.37. The Labute approximate surface area is 141 Å². The molecule has 1 aromatic carbocycles. The summed E-state index contributed by atoms with van der Waals surface area (Å²) in [6.45, 7) is 4.56. The number of aryl methyl sites for hydroxylation is 2. The van der Waals surface area contributed by atoms with E-state index in [0.717, 1.165) is 48.6 Å². The van der Waals surface area contributed by atoms with Gasteiger partial charge in [0.15, 0.2) is 5.65 Å². The molecule has 0 bridgehead atoms. The van der Waals surface area contributed by atoms with Gasteiger partial charge in [-0.3, -0.25) is 4.68 Å². The average molecular weight is 322 g/mol. The lowest BCUT2D eigenvalue weighted by Crippen LogP contribution is -2.31. The van der Waals surface area contributed by atoms with Crippen molar-refractivity contribution in [2.45, 2.75) is 19.9 Å². The minimum absolute atomic E-state index is 0.511. The van der Waals surface area contributed by atoms with Crippen LogP contribution in [0.25, 0.3) is 11.0 Å². The molecule has 1 unspecified atom stereocenters. The number of fused-ring (bicyclic) bond motifs is 2. The molecule has 1 N–H and O–H groups in total. The van der Waals surface area contributed by atoms with Gasteiger partial charge in [-0.05, 0) is 36.6 Å². The molecular formula is C19H22N4O. The van der Waals surface area contributed by atoms with Crippen LogP contribution in [0, 0.1) is 12.8 Å². The fourth-order valence-corrected chi connectivity index (χ4v) is 3.39. The first-order chi connectivity index (χ1) is 11.7. The Hall–Kier alpha value is -2.40. The maximum atomic E-state index is 5.85. The molecule has 1 aliphatic heterocycles. The van der Waals surface area contributed by atoms with Crippen LogP contribution in [0.1, 0.15) is 16.8 Å². The molecule has 0 spiro atoms. The number of rotatable bonds is 4. The Morgan fingerprint density at radius 1 is 1.33 bits per heavy atom. The van der Waals surface area contributed by atoms with Gasteiger partial charge < -0.3 is 10.1 Å². The Kier molecular flexibility index (Phi) is 3.94. The van der Waals surface area contributed by atoms with E-state index in [1.165, 1.54) is 11.1 Å². The molecule has 3 aromatic rings. The van der Waals surface area contributed by atoms with Crippen molar-refractivity contribution < 1.29 is 4.74 Å². The summed E-state index contributed by atoms with van der Waals surface area (Å²) in [6, 6.07) is 10.5. The molecular weight excluding hydrogens is 300 g/mol. The minimum Gasteiger partial charge on any atom is -0.493 e. The second-order valence-corrected chi connectivity index (χ2v) is 6.54. The van der Waals surface area contributed by atoms with E-state index in [-0.39, 0.29) is 0 Å². The molecule has 2 aromatic heterocycles. The smallest absolute Gasteiger partial charge is 0.157 e. The first kappa shape index (κ1) is 15.1. The van der Waals surface area contributed by atoms with Gasteiger partial charge in [-0.15, -0.1) is 0 Å². The number of ether oxygens (including phenoxy) is 1. The second-order valence-electron chi connectivity index (χ2n) is 6.54. The lowest BCUT2D eigenvalue weighted by atomic mass is 9.97. The van der Waals surface area contributed by atoms with E-state index in [4.69, 9.17) is 4.74 Å². The fraction of sp³-hybridized carbons (Fsp3) is 0.368. The zero-order valence-corrected chi connectivity index (χ0v) is 14.1. The van der Waals surface area contributed by atoms with Gasteiger partial charge in [0.2, 0.25) is 0 Å². The first-order valence-electron chi connectivity index (χ1n) is 8.40. The van der Waals surface area contributed by atoms with Crippen LogP contribution in [-0.2, 0) is 20.0 Å². The Bertz CT molecular complexity index is 871. The van der Waals surface area contributed by atoms with Gasteiger partial charge in [-0.1, -0.05) is 18.2 Å². The number of aromatic nitrogens is 3. The van der Waals surface area contributed by atoms with Crippen molar-refractivity contribution in [2.75, 3.05) is 13.2 Å². The topological polar surface area (TPSA) is 52.0 Å². The molecule has 124 valence electrons. The summed E-state index contributed by atoms with van der Waals surface area (Å²) in [7, 11) is 1.93. The van der Waals surface area contributed by atoms with Crippen LogP contribution < -0.4 is 10.1 Å². The number of nitrogens with one attached hydrogen (secondary N) is 1. The van der Waals surface area contributed by atoms with Crippen molar-refractivity contribution >= 4 is 11.0 Å². The molecule has 5 heteroatoms. The van der Waals surface area contributed by atoms with Crippen LogP contribution in [0.15, 0.2) is 36.5 Å². The Morgan fingerprint density at radius 2 is 2.21 bits per heavy atom. The summed E-state index contributed by atoms with van der Waals surface area (Å²) in [6.07, 6.45) is 3.01. The molecule has 4 rings (SSSR count). The van der Waals surface area contributed by atoms with Crippen molar-refractivity contribution in [3.05, 3.63) is 53.3 Å². The van der Waals surface area contributed by atoms with Crippen molar-refractivity contribution in [3.8, 4) is 5.75 Å². The maximum Gasteiger partial charge on any atom is 0.157 e. The largest absolute Gasteiger partial charge is 0.493 e. The number of pyridine rings is 1. The van der Waals surface area contributed by atoms with E-state index in [2.05, 4.69) is 39.7 Å². The van der Waals surface area contributed by atoms with Gasteiger partial charge in [-0.2, -0.15) is 5.10 Å². The molecule has 0 saturated carbocycles. The van der Waals surface area contributed by atoms with Crippen molar-refractivity contribution in [3.63, 3.8) is 0 Å². The summed E-state index contributed by atoms with van der Waals surface area (Å²) in [5, 5.41) is 9.10. The third-order valence-corrected chi connectivity index (χ3v) is 4.64. The summed E-state index contributed by atoms with van der Waals surface area (Å²) in [4.78, 5) is 4.53. The molecule has 1 aliphatic rings. The average Bonchev–Trinajstić information content (AvgIpc) is 2.89. The highest BCUT2D eigenvalue weighted by Gasteiger charge is 2.19. The molecule has 0 fully saturated rings. The molecule has 0 amide bonds. The fourth-order valence-electron chi connectivity index (χ4n) is 3.39. The number of hydrogen-bond acceptors (Lipinski definition) is 4. The number of nitrogens with zero attached hydrogens (tertiary/aromatic N) is 3. The van der Waals surface area contributed by atoms with Gasteiger partial charge in [0.05, 0.1) is 12.3 Å². The maximum absolute atomic E-state index is 5.85. The molecule has 5 nitrogen and oxygen atoms in total. The number of benzene rings is 1. The van der Waals surface area contributed by atoms with Crippen LogP contribution in [0.3, 0.4) is 0 Å². The molecule has 1 atom stereocenters. The highest BCUT2D eigenvalue weighted by Crippen LogP contribution is 2.26. The molecule has 0 aliphatic carbocycles. The highest BCUT2D eigenvalue weighted by atomic mass is 16.5. The van der Waals surface area contributed by atoms with E-state index >= 15 is 0 Å². The van der Waals surface area contributed by atoms with Gasteiger partial charge in [0, 0.05) is 37.6 Å². The van der Waals surface area contributed by atoms with Gasteiger partial charge in [0.25, 0.3) is 0 Å². The highest BCUT2D eigenvalue weighted by molar-refractivity contribution is 5.78. The monoisotopic (exact) mass is 322 g/mol. The third kappa shape index (κ3) is 2.87. The van der Waals surface area contributed by atoms with E-state index in [1.54, 1.807) is 0 Å². The van der Waals surface area contributed by atoms with Crippen molar-refractivity contribution in [1.82, 2.24) is 20.1 Å². The zero-order chi connectivity index (χ0) is 16.5. The first-order valence-corrected chi connectivity index (χ1v) is 8.40.